The van der Waals surface area contributed by atoms with E-state index in [1.165, 1.54) is 6.07 Å². The number of rotatable bonds is 2. The number of nitrogens with one attached hydrogen (secondary N) is 1. The molecule has 3 nitrogen and oxygen atoms in total. The molecule has 0 radical (unpaired) electrons. The van der Waals surface area contributed by atoms with Crippen LogP contribution in [-0.2, 0) is 6.54 Å². The maximum absolute atomic E-state index is 13.7. The Balaban J connectivity index is 2.11. The van der Waals surface area contributed by atoms with Gasteiger partial charge in [-0.15, -0.1) is 0 Å². The minimum Gasteiger partial charge on any atom is -0.331 e. The Hall–Kier alpha value is -1.28. The predicted molar refractivity (Wildman–Crippen MR) is 87.9 cm³/mol. The highest BCUT2D eigenvalue weighted by molar-refractivity contribution is 14.1. The van der Waals surface area contributed by atoms with Crippen LogP contribution in [0.3, 0.4) is 0 Å². The van der Waals surface area contributed by atoms with Crippen molar-refractivity contribution in [2.45, 2.75) is 13.5 Å². The van der Waals surface area contributed by atoms with Gasteiger partial charge in [-0.25, -0.2) is 4.39 Å². The zero-order chi connectivity index (χ0) is 14.3. The fourth-order valence-corrected chi connectivity index (χ4v) is 2.82. The number of fused-ring (bicyclic) bond motifs is 1. The molecule has 0 bridgehead atoms. The highest BCUT2D eigenvalue weighted by Gasteiger charge is 2.09. The number of aromatic amines is 1. The molecule has 0 aliphatic rings. The van der Waals surface area contributed by atoms with E-state index in [9.17, 15) is 4.39 Å². The largest absolute Gasteiger partial charge is 0.331 e. The van der Waals surface area contributed by atoms with Gasteiger partial charge in [-0.2, -0.15) is 0 Å². The lowest BCUT2D eigenvalue weighted by Gasteiger charge is -2.05. The first-order valence-electron chi connectivity index (χ1n) is 6.03. The molecular weight excluding hydrogens is 388 g/mol. The number of hydrogen-bond donors (Lipinski definition) is 1. The van der Waals surface area contributed by atoms with Crippen molar-refractivity contribution in [1.82, 2.24) is 14.5 Å². The van der Waals surface area contributed by atoms with E-state index in [4.69, 9.17) is 12.2 Å². The number of hydrogen-bond acceptors (Lipinski definition) is 2. The molecule has 0 atom stereocenters. The van der Waals surface area contributed by atoms with E-state index in [0.29, 0.717) is 14.9 Å². The summed E-state index contributed by atoms with van der Waals surface area (Å²) in [6, 6.07) is 7.25. The maximum Gasteiger partial charge on any atom is 0.178 e. The van der Waals surface area contributed by atoms with Crippen LogP contribution < -0.4 is 0 Å². The molecule has 0 spiro atoms. The number of halogens is 2. The molecular formula is C14H11FIN3S. The molecule has 102 valence electrons. The van der Waals surface area contributed by atoms with Crippen LogP contribution >= 0.6 is 34.8 Å². The van der Waals surface area contributed by atoms with Crippen LogP contribution in [-0.4, -0.2) is 14.5 Å². The summed E-state index contributed by atoms with van der Waals surface area (Å²) in [5, 5.41) is 0. The van der Waals surface area contributed by atoms with Gasteiger partial charge < -0.3 is 9.55 Å². The molecule has 0 fully saturated rings. The second kappa shape index (κ2) is 5.25. The lowest BCUT2D eigenvalue weighted by Crippen LogP contribution is -2.00. The summed E-state index contributed by atoms with van der Waals surface area (Å²) < 4.78 is 16.8. The highest BCUT2D eigenvalue weighted by atomic mass is 127. The normalized spacial score (nSPS) is 11.2. The van der Waals surface area contributed by atoms with Crippen molar-refractivity contribution < 1.29 is 4.39 Å². The smallest absolute Gasteiger partial charge is 0.178 e. The third kappa shape index (κ3) is 2.49. The SMILES string of the molecule is Cc1ccc(Cn2c(=S)[nH]c3cc(I)c(F)cc32)cn1. The summed E-state index contributed by atoms with van der Waals surface area (Å²) in [4.78, 5) is 7.38. The number of aromatic nitrogens is 3. The summed E-state index contributed by atoms with van der Waals surface area (Å²) in [6.45, 7) is 2.52. The van der Waals surface area contributed by atoms with Crippen LogP contribution in [0.4, 0.5) is 4.39 Å². The van der Waals surface area contributed by atoms with Crippen LogP contribution in [0.2, 0.25) is 0 Å². The van der Waals surface area contributed by atoms with Crippen molar-refractivity contribution in [1.29, 1.82) is 0 Å². The molecule has 1 N–H and O–H groups in total. The zero-order valence-electron chi connectivity index (χ0n) is 10.7. The third-order valence-corrected chi connectivity index (χ3v) is 4.28. The summed E-state index contributed by atoms with van der Waals surface area (Å²) in [5.74, 6) is -0.233. The average molecular weight is 399 g/mol. The fourth-order valence-electron chi connectivity index (χ4n) is 2.08. The summed E-state index contributed by atoms with van der Waals surface area (Å²) in [6.07, 6.45) is 1.82. The standard InChI is InChI=1S/C14H11FIN3S/c1-8-2-3-9(6-17-8)7-19-13-4-10(15)11(16)5-12(13)18-14(19)20/h2-6H,7H2,1H3,(H,18,20). The molecule has 0 unspecified atom stereocenters. The van der Waals surface area contributed by atoms with Gasteiger partial charge >= 0.3 is 0 Å². The van der Waals surface area contributed by atoms with Crippen molar-refractivity contribution in [3.05, 3.63) is 55.9 Å². The van der Waals surface area contributed by atoms with Crippen LogP contribution in [0.5, 0.6) is 0 Å². The van der Waals surface area contributed by atoms with Gasteiger partial charge in [-0.3, -0.25) is 4.98 Å². The van der Waals surface area contributed by atoms with E-state index in [0.717, 1.165) is 22.3 Å². The van der Waals surface area contributed by atoms with Gasteiger partial charge in [-0.05, 0) is 59.4 Å². The van der Waals surface area contributed by atoms with Gasteiger partial charge in [0.15, 0.2) is 4.77 Å². The van der Waals surface area contributed by atoms with Gasteiger partial charge in [0.2, 0.25) is 0 Å². The van der Waals surface area contributed by atoms with E-state index < -0.39 is 0 Å². The summed E-state index contributed by atoms with van der Waals surface area (Å²) in [7, 11) is 0. The number of aryl methyl sites for hydroxylation is 1. The molecule has 0 aliphatic carbocycles. The minimum absolute atomic E-state index is 0.233. The van der Waals surface area contributed by atoms with Crippen molar-refractivity contribution in [2.75, 3.05) is 0 Å². The molecule has 3 aromatic rings. The van der Waals surface area contributed by atoms with Crippen molar-refractivity contribution >= 4 is 45.8 Å². The fraction of sp³-hybridized carbons (Fsp3) is 0.143. The van der Waals surface area contributed by atoms with Crippen LogP contribution in [0.1, 0.15) is 11.3 Å². The van der Waals surface area contributed by atoms with Gasteiger partial charge in [-0.1, -0.05) is 6.07 Å². The van der Waals surface area contributed by atoms with Crippen LogP contribution in [0.15, 0.2) is 30.5 Å². The second-order valence-corrected chi connectivity index (χ2v) is 6.16. The average Bonchev–Trinajstić information content (AvgIpc) is 2.69. The first-order valence-corrected chi connectivity index (χ1v) is 7.52. The van der Waals surface area contributed by atoms with E-state index in [1.54, 1.807) is 6.07 Å². The predicted octanol–water partition coefficient (Wildman–Crippen LogP) is 4.19. The van der Waals surface area contributed by atoms with Gasteiger partial charge in [0, 0.05) is 18.0 Å². The molecule has 0 saturated heterocycles. The summed E-state index contributed by atoms with van der Waals surface area (Å²) in [5.41, 5.74) is 3.62. The molecule has 2 aromatic heterocycles. The molecule has 2 heterocycles. The van der Waals surface area contributed by atoms with Crippen molar-refractivity contribution in [3.63, 3.8) is 0 Å². The van der Waals surface area contributed by atoms with Crippen LogP contribution in [0.25, 0.3) is 11.0 Å². The Morgan fingerprint density at radius 1 is 1.40 bits per heavy atom. The van der Waals surface area contributed by atoms with Crippen molar-refractivity contribution in [2.24, 2.45) is 0 Å². The van der Waals surface area contributed by atoms with E-state index in [-0.39, 0.29) is 5.82 Å². The topological polar surface area (TPSA) is 33.6 Å². The quantitative estimate of drug-likeness (QED) is 0.518. The number of benzene rings is 1. The van der Waals surface area contributed by atoms with Crippen molar-refractivity contribution in [3.8, 4) is 0 Å². The Labute approximate surface area is 134 Å². The van der Waals surface area contributed by atoms with Gasteiger partial charge in [0.25, 0.3) is 0 Å². The summed E-state index contributed by atoms with van der Waals surface area (Å²) >= 11 is 7.30. The van der Waals surface area contributed by atoms with E-state index in [2.05, 4.69) is 9.97 Å². The Bertz CT molecular complexity index is 836. The molecule has 20 heavy (non-hydrogen) atoms. The lowest BCUT2D eigenvalue weighted by atomic mass is 10.2. The number of nitrogens with zero attached hydrogens (tertiary/aromatic N) is 2. The molecule has 0 amide bonds. The second-order valence-electron chi connectivity index (χ2n) is 4.61. The van der Waals surface area contributed by atoms with Crippen LogP contribution in [0, 0.1) is 21.1 Å². The lowest BCUT2D eigenvalue weighted by molar-refractivity contribution is 0.621. The number of H-pyrrole nitrogens is 1. The zero-order valence-corrected chi connectivity index (χ0v) is 13.6. The molecule has 1 aromatic carbocycles. The minimum atomic E-state index is -0.233. The number of imidazole rings is 1. The van der Waals surface area contributed by atoms with Gasteiger partial charge in [0.1, 0.15) is 5.82 Å². The first kappa shape index (κ1) is 13.7. The third-order valence-electron chi connectivity index (χ3n) is 3.13. The Kier molecular flexibility index (Phi) is 3.59. The highest BCUT2D eigenvalue weighted by Crippen LogP contribution is 2.21. The number of pyridine rings is 1. The monoisotopic (exact) mass is 399 g/mol. The molecule has 0 aliphatic heterocycles. The maximum atomic E-state index is 13.7. The molecule has 6 heteroatoms. The van der Waals surface area contributed by atoms with Gasteiger partial charge in [0.05, 0.1) is 21.1 Å². The Morgan fingerprint density at radius 3 is 2.90 bits per heavy atom. The first-order chi connectivity index (χ1) is 9.54. The van der Waals surface area contributed by atoms with E-state index >= 15 is 0 Å². The molecule has 0 saturated carbocycles. The molecule has 3 rings (SSSR count). The van der Waals surface area contributed by atoms with E-state index in [1.807, 2.05) is 52.4 Å². The Morgan fingerprint density at radius 2 is 2.20 bits per heavy atom.